The predicted octanol–water partition coefficient (Wildman–Crippen LogP) is 1.66. The van der Waals surface area contributed by atoms with Crippen molar-refractivity contribution in [2.24, 2.45) is 11.3 Å². The lowest BCUT2D eigenvalue weighted by Crippen LogP contribution is -2.20. The van der Waals surface area contributed by atoms with E-state index >= 15 is 0 Å². The molecule has 1 aliphatic carbocycles. The highest BCUT2D eigenvalue weighted by Crippen LogP contribution is 2.39. The van der Waals surface area contributed by atoms with E-state index in [2.05, 4.69) is 34.6 Å². The number of hydrogen-bond donors (Lipinski definition) is 3. The minimum Gasteiger partial charge on any atom is -0.361 e. The van der Waals surface area contributed by atoms with Crippen LogP contribution in [-0.2, 0) is 0 Å². The van der Waals surface area contributed by atoms with E-state index in [-0.39, 0.29) is 28.8 Å². The Balaban J connectivity index is 2.23. The Morgan fingerprint density at radius 1 is 1.47 bits per heavy atom. The van der Waals surface area contributed by atoms with Gasteiger partial charge in [0.15, 0.2) is 0 Å². The summed E-state index contributed by atoms with van der Waals surface area (Å²) in [7, 11) is 0. The number of aromatic nitrogens is 2. The van der Waals surface area contributed by atoms with Crippen molar-refractivity contribution in [2.75, 3.05) is 10.7 Å². The highest BCUT2D eigenvalue weighted by molar-refractivity contribution is 5.69. The van der Waals surface area contributed by atoms with E-state index in [9.17, 15) is 10.1 Å². The fourth-order valence-corrected chi connectivity index (χ4v) is 2.52. The normalized spacial score (nSPS) is 21.1. The van der Waals surface area contributed by atoms with Crippen LogP contribution in [0.3, 0.4) is 0 Å². The van der Waals surface area contributed by atoms with E-state index in [0.717, 1.165) is 19.3 Å². The third kappa shape index (κ3) is 2.90. The molecular formula is C11H18N6O2. The number of nitrogens with one attached hydrogen (secondary N) is 2. The van der Waals surface area contributed by atoms with Crippen LogP contribution in [0.5, 0.6) is 0 Å². The molecular weight excluding hydrogens is 248 g/mol. The fraction of sp³-hybridized carbons (Fsp3) is 0.636. The molecule has 19 heavy (non-hydrogen) atoms. The van der Waals surface area contributed by atoms with Crippen LogP contribution in [0.15, 0.2) is 6.33 Å². The van der Waals surface area contributed by atoms with Gasteiger partial charge in [0, 0.05) is 6.04 Å². The van der Waals surface area contributed by atoms with Crippen molar-refractivity contribution in [3.8, 4) is 0 Å². The highest BCUT2D eigenvalue weighted by Gasteiger charge is 2.33. The van der Waals surface area contributed by atoms with Crippen LogP contribution in [0.1, 0.15) is 33.1 Å². The first-order chi connectivity index (χ1) is 8.93. The second-order valence-corrected chi connectivity index (χ2v) is 5.57. The topological polar surface area (TPSA) is 119 Å². The lowest BCUT2D eigenvalue weighted by Gasteiger charge is -2.18. The van der Waals surface area contributed by atoms with Gasteiger partial charge in [-0.2, -0.15) is 0 Å². The molecule has 4 N–H and O–H groups in total. The average molecular weight is 266 g/mol. The molecule has 0 spiro atoms. The third-order valence-corrected chi connectivity index (χ3v) is 3.45. The van der Waals surface area contributed by atoms with Crippen molar-refractivity contribution in [3.05, 3.63) is 16.4 Å². The van der Waals surface area contributed by atoms with Gasteiger partial charge in [-0.3, -0.25) is 10.1 Å². The van der Waals surface area contributed by atoms with Gasteiger partial charge in [0.25, 0.3) is 0 Å². The number of nitrogens with two attached hydrogens (primary N) is 1. The molecule has 1 heterocycles. The monoisotopic (exact) mass is 266 g/mol. The molecule has 8 nitrogen and oxygen atoms in total. The molecule has 1 saturated carbocycles. The molecule has 1 aliphatic rings. The van der Waals surface area contributed by atoms with Gasteiger partial charge >= 0.3 is 5.69 Å². The van der Waals surface area contributed by atoms with Gasteiger partial charge < -0.3 is 10.7 Å². The maximum Gasteiger partial charge on any atom is 0.354 e. The van der Waals surface area contributed by atoms with Crippen LogP contribution in [0, 0.1) is 15.5 Å². The SMILES string of the molecule is CC1(C)CCC(Nc2ncnc(NN)c2[N+](=O)[O-])C1. The van der Waals surface area contributed by atoms with Gasteiger partial charge in [0.2, 0.25) is 11.6 Å². The molecule has 0 aliphatic heterocycles. The van der Waals surface area contributed by atoms with E-state index in [0.29, 0.717) is 0 Å². The predicted molar refractivity (Wildman–Crippen MR) is 71.5 cm³/mol. The summed E-state index contributed by atoms with van der Waals surface area (Å²) in [5, 5.41) is 14.2. The fourth-order valence-electron chi connectivity index (χ4n) is 2.52. The maximum absolute atomic E-state index is 11.1. The summed E-state index contributed by atoms with van der Waals surface area (Å²) in [6.07, 6.45) is 4.27. The number of hydrazine groups is 1. The number of hydrogen-bond acceptors (Lipinski definition) is 7. The van der Waals surface area contributed by atoms with Gasteiger partial charge in [-0.25, -0.2) is 15.8 Å². The van der Waals surface area contributed by atoms with E-state index in [1.165, 1.54) is 6.33 Å². The molecule has 2 rings (SSSR count). The Bertz CT molecular complexity index is 490. The number of nitrogens with zero attached hydrogens (tertiary/aromatic N) is 3. The van der Waals surface area contributed by atoms with Gasteiger partial charge in [-0.15, -0.1) is 0 Å². The van der Waals surface area contributed by atoms with Crippen molar-refractivity contribution >= 4 is 17.3 Å². The summed E-state index contributed by atoms with van der Waals surface area (Å²) in [5.74, 6) is 5.47. The molecule has 1 aromatic rings. The minimum atomic E-state index is -0.530. The lowest BCUT2D eigenvalue weighted by molar-refractivity contribution is -0.383. The van der Waals surface area contributed by atoms with Gasteiger partial charge in [0.1, 0.15) is 6.33 Å². The van der Waals surface area contributed by atoms with Crippen molar-refractivity contribution in [1.82, 2.24) is 9.97 Å². The number of rotatable bonds is 4. The Morgan fingerprint density at radius 2 is 2.16 bits per heavy atom. The number of anilines is 2. The van der Waals surface area contributed by atoms with E-state index in [1.807, 2.05) is 0 Å². The van der Waals surface area contributed by atoms with Gasteiger partial charge in [-0.1, -0.05) is 13.8 Å². The highest BCUT2D eigenvalue weighted by atomic mass is 16.6. The van der Waals surface area contributed by atoms with Crippen LogP contribution in [0.2, 0.25) is 0 Å². The average Bonchev–Trinajstić information content (AvgIpc) is 2.68. The van der Waals surface area contributed by atoms with Crippen molar-refractivity contribution < 1.29 is 4.92 Å². The second-order valence-electron chi connectivity index (χ2n) is 5.57. The molecule has 8 heteroatoms. The Morgan fingerprint density at radius 3 is 2.68 bits per heavy atom. The smallest absolute Gasteiger partial charge is 0.354 e. The van der Waals surface area contributed by atoms with Crippen molar-refractivity contribution in [2.45, 2.75) is 39.2 Å². The summed E-state index contributed by atoms with van der Waals surface area (Å²) in [6, 6.07) is 0.189. The zero-order chi connectivity index (χ0) is 14.0. The van der Waals surface area contributed by atoms with Crippen LogP contribution in [0.4, 0.5) is 17.3 Å². The summed E-state index contributed by atoms with van der Waals surface area (Å²) in [6.45, 7) is 4.38. The Hall–Kier alpha value is -1.96. The summed E-state index contributed by atoms with van der Waals surface area (Å²) in [5.41, 5.74) is 2.27. The molecule has 1 unspecified atom stereocenters. The lowest BCUT2D eigenvalue weighted by atomic mass is 9.92. The molecule has 1 atom stereocenters. The molecule has 1 aromatic heterocycles. The van der Waals surface area contributed by atoms with Crippen LogP contribution < -0.4 is 16.6 Å². The van der Waals surface area contributed by atoms with Crippen molar-refractivity contribution in [3.63, 3.8) is 0 Å². The van der Waals surface area contributed by atoms with E-state index < -0.39 is 4.92 Å². The molecule has 0 amide bonds. The van der Waals surface area contributed by atoms with Crippen LogP contribution in [-0.4, -0.2) is 20.9 Å². The molecule has 104 valence electrons. The van der Waals surface area contributed by atoms with E-state index in [1.54, 1.807) is 0 Å². The summed E-state index contributed by atoms with van der Waals surface area (Å²) >= 11 is 0. The minimum absolute atomic E-state index is 0.0137. The molecule has 0 bridgehead atoms. The molecule has 1 fully saturated rings. The summed E-state index contributed by atoms with van der Waals surface area (Å²) < 4.78 is 0. The first-order valence-electron chi connectivity index (χ1n) is 6.15. The zero-order valence-electron chi connectivity index (χ0n) is 11.0. The maximum atomic E-state index is 11.1. The largest absolute Gasteiger partial charge is 0.361 e. The third-order valence-electron chi connectivity index (χ3n) is 3.45. The number of nitrogen functional groups attached to an aromatic ring is 1. The summed E-state index contributed by atoms with van der Waals surface area (Å²) in [4.78, 5) is 18.3. The number of nitro groups is 1. The Kier molecular flexibility index (Phi) is 3.52. The molecule has 0 saturated heterocycles. The van der Waals surface area contributed by atoms with Crippen molar-refractivity contribution in [1.29, 1.82) is 0 Å². The van der Waals surface area contributed by atoms with Crippen LogP contribution in [0.25, 0.3) is 0 Å². The molecule has 0 aromatic carbocycles. The second kappa shape index (κ2) is 4.96. The first-order valence-corrected chi connectivity index (χ1v) is 6.15. The van der Waals surface area contributed by atoms with Gasteiger partial charge in [0.05, 0.1) is 4.92 Å². The van der Waals surface area contributed by atoms with E-state index in [4.69, 9.17) is 5.84 Å². The quantitative estimate of drug-likeness (QED) is 0.430. The standard InChI is InChI=1S/C11H18N6O2/c1-11(2)4-3-7(5-11)15-9-8(17(18)19)10(16-12)14-6-13-9/h6-7H,3-5,12H2,1-2H3,(H2,13,14,15,16). The first kappa shape index (κ1) is 13.5. The molecule has 0 radical (unpaired) electrons. The van der Waals surface area contributed by atoms with Crippen LogP contribution >= 0.6 is 0 Å². The Labute approximate surface area is 110 Å². The zero-order valence-corrected chi connectivity index (χ0v) is 11.0. The van der Waals surface area contributed by atoms with Gasteiger partial charge in [-0.05, 0) is 24.7 Å².